The zero-order valence-corrected chi connectivity index (χ0v) is 9.80. The smallest absolute Gasteiger partial charge is 0.374 e. The van der Waals surface area contributed by atoms with Crippen LogP contribution in [0.25, 0.3) is 0 Å². The van der Waals surface area contributed by atoms with Gasteiger partial charge in [0.1, 0.15) is 0 Å². The molecule has 0 bridgehead atoms. The van der Waals surface area contributed by atoms with Crippen LogP contribution in [0.4, 0.5) is 18.9 Å². The fourth-order valence-electron chi connectivity index (χ4n) is 2.24. The highest BCUT2D eigenvalue weighted by molar-refractivity contribution is 5.58. The number of alkyl halides is 3. The molecule has 1 unspecified atom stereocenters. The monoisotopic (exact) mass is 244 g/mol. The van der Waals surface area contributed by atoms with Crippen LogP contribution in [0.1, 0.15) is 23.6 Å². The van der Waals surface area contributed by atoms with E-state index in [1.807, 2.05) is 19.0 Å². The third-order valence-electron chi connectivity index (χ3n) is 3.25. The van der Waals surface area contributed by atoms with E-state index in [-0.39, 0.29) is 6.04 Å². The molecule has 0 radical (unpaired) electrons. The summed E-state index contributed by atoms with van der Waals surface area (Å²) in [6, 6.07) is 4.11. The van der Waals surface area contributed by atoms with Crippen molar-refractivity contribution in [1.82, 2.24) is 5.32 Å². The molecule has 1 aliphatic rings. The number of anilines is 1. The molecule has 0 saturated carbocycles. The highest BCUT2D eigenvalue weighted by atomic mass is 19.4. The summed E-state index contributed by atoms with van der Waals surface area (Å²) in [4.78, 5) is 1.87. The van der Waals surface area contributed by atoms with Crippen molar-refractivity contribution in [2.45, 2.75) is 18.6 Å². The summed E-state index contributed by atoms with van der Waals surface area (Å²) in [5.74, 6) is 0. The molecule has 0 saturated heterocycles. The van der Waals surface area contributed by atoms with Crippen molar-refractivity contribution in [2.24, 2.45) is 0 Å². The lowest BCUT2D eigenvalue weighted by molar-refractivity contribution is -0.137. The van der Waals surface area contributed by atoms with Crippen LogP contribution >= 0.6 is 0 Å². The van der Waals surface area contributed by atoms with Crippen LogP contribution < -0.4 is 10.2 Å². The molecule has 0 aromatic heterocycles. The molecule has 2 nitrogen and oxygen atoms in total. The molecule has 1 aromatic carbocycles. The first kappa shape index (κ1) is 12.2. The Balaban J connectivity index is 2.46. The predicted molar refractivity (Wildman–Crippen MR) is 61.1 cm³/mol. The van der Waals surface area contributed by atoms with Crippen molar-refractivity contribution in [2.75, 3.05) is 25.5 Å². The van der Waals surface area contributed by atoms with Gasteiger partial charge in [-0.2, -0.15) is 13.2 Å². The Morgan fingerprint density at radius 3 is 2.65 bits per heavy atom. The molecule has 1 heterocycles. The lowest BCUT2D eigenvalue weighted by Gasteiger charge is -2.33. The Labute approximate surface area is 98.4 Å². The summed E-state index contributed by atoms with van der Waals surface area (Å²) >= 11 is 0. The lowest BCUT2D eigenvalue weighted by Crippen LogP contribution is -2.32. The first-order valence-corrected chi connectivity index (χ1v) is 5.53. The molecule has 0 amide bonds. The minimum Gasteiger partial charge on any atom is -0.374 e. The van der Waals surface area contributed by atoms with Gasteiger partial charge in [-0.1, -0.05) is 6.07 Å². The molecular weight excluding hydrogens is 229 g/mol. The van der Waals surface area contributed by atoms with Crippen LogP contribution in [0, 0.1) is 0 Å². The molecule has 17 heavy (non-hydrogen) atoms. The van der Waals surface area contributed by atoms with Crippen LogP contribution in [-0.2, 0) is 6.18 Å². The maximum absolute atomic E-state index is 12.6. The van der Waals surface area contributed by atoms with E-state index in [0.717, 1.165) is 24.6 Å². The number of nitrogens with one attached hydrogen (secondary N) is 1. The second-order valence-electron chi connectivity index (χ2n) is 4.32. The Bertz CT molecular complexity index is 415. The van der Waals surface area contributed by atoms with Gasteiger partial charge in [-0.25, -0.2) is 0 Å². The summed E-state index contributed by atoms with van der Waals surface area (Å²) in [6.07, 6.45) is -3.37. The summed E-state index contributed by atoms with van der Waals surface area (Å²) in [7, 11) is 3.66. The van der Waals surface area contributed by atoms with Crippen molar-refractivity contribution in [3.8, 4) is 0 Å². The van der Waals surface area contributed by atoms with Crippen molar-refractivity contribution in [1.29, 1.82) is 0 Å². The molecule has 1 aliphatic heterocycles. The minimum absolute atomic E-state index is 0.142. The topological polar surface area (TPSA) is 15.3 Å². The van der Waals surface area contributed by atoms with Crippen LogP contribution in [0.2, 0.25) is 0 Å². The Morgan fingerprint density at radius 2 is 2.06 bits per heavy atom. The van der Waals surface area contributed by atoms with Gasteiger partial charge in [-0.3, -0.25) is 0 Å². The van der Waals surface area contributed by atoms with Gasteiger partial charge in [-0.05, 0) is 31.2 Å². The summed E-state index contributed by atoms with van der Waals surface area (Å²) < 4.78 is 37.9. The minimum atomic E-state index is -4.28. The van der Waals surface area contributed by atoms with Crippen LogP contribution in [0.15, 0.2) is 18.2 Å². The predicted octanol–water partition coefficient (Wildman–Crippen LogP) is 2.81. The molecule has 0 spiro atoms. The van der Waals surface area contributed by atoms with Gasteiger partial charge in [0.05, 0.1) is 5.56 Å². The Kier molecular flexibility index (Phi) is 3.03. The van der Waals surface area contributed by atoms with Crippen LogP contribution in [-0.4, -0.2) is 20.6 Å². The third-order valence-corrected chi connectivity index (χ3v) is 3.25. The quantitative estimate of drug-likeness (QED) is 0.817. The second-order valence-corrected chi connectivity index (χ2v) is 4.32. The number of hydrogen-bond acceptors (Lipinski definition) is 2. The largest absolute Gasteiger partial charge is 0.416 e. The highest BCUT2D eigenvalue weighted by Crippen LogP contribution is 2.38. The van der Waals surface area contributed by atoms with E-state index in [4.69, 9.17) is 0 Å². The maximum Gasteiger partial charge on any atom is 0.416 e. The van der Waals surface area contributed by atoms with E-state index in [9.17, 15) is 13.2 Å². The summed E-state index contributed by atoms with van der Waals surface area (Å²) in [6.45, 7) is 0.764. The average molecular weight is 244 g/mol. The number of rotatable bonds is 1. The van der Waals surface area contributed by atoms with E-state index in [2.05, 4.69) is 5.32 Å². The third kappa shape index (κ3) is 2.24. The standard InChI is InChI=1S/C12H15F3N2/c1-16-10-5-6-17(2)11-7-8(12(13,14)15)3-4-9(10)11/h3-4,7,10,16H,5-6H2,1-2H3. The number of halogens is 3. The van der Waals surface area contributed by atoms with E-state index in [1.54, 1.807) is 6.07 Å². The molecule has 2 rings (SSSR count). The van der Waals surface area contributed by atoms with Gasteiger partial charge in [0, 0.05) is 25.3 Å². The van der Waals surface area contributed by atoms with E-state index in [0.29, 0.717) is 5.69 Å². The van der Waals surface area contributed by atoms with E-state index < -0.39 is 11.7 Å². The van der Waals surface area contributed by atoms with Gasteiger partial charge in [-0.15, -0.1) is 0 Å². The highest BCUT2D eigenvalue weighted by Gasteiger charge is 2.32. The fraction of sp³-hybridized carbons (Fsp3) is 0.500. The first-order chi connectivity index (χ1) is 7.93. The molecule has 1 atom stereocenters. The Hall–Kier alpha value is -1.23. The molecule has 1 aromatic rings. The molecular formula is C12H15F3N2. The van der Waals surface area contributed by atoms with Gasteiger partial charge in [0.15, 0.2) is 0 Å². The zero-order chi connectivity index (χ0) is 12.6. The van der Waals surface area contributed by atoms with Gasteiger partial charge in [0.25, 0.3) is 0 Å². The molecule has 94 valence electrons. The molecule has 5 heteroatoms. The van der Waals surface area contributed by atoms with Gasteiger partial charge >= 0.3 is 6.18 Å². The van der Waals surface area contributed by atoms with E-state index >= 15 is 0 Å². The average Bonchev–Trinajstić information content (AvgIpc) is 2.28. The van der Waals surface area contributed by atoms with Gasteiger partial charge < -0.3 is 10.2 Å². The summed E-state index contributed by atoms with van der Waals surface area (Å²) in [5.41, 5.74) is 1.03. The van der Waals surface area contributed by atoms with Crippen molar-refractivity contribution in [3.05, 3.63) is 29.3 Å². The van der Waals surface area contributed by atoms with Crippen LogP contribution in [0.3, 0.4) is 0 Å². The summed E-state index contributed by atoms with van der Waals surface area (Å²) in [5, 5.41) is 3.13. The van der Waals surface area contributed by atoms with E-state index in [1.165, 1.54) is 6.07 Å². The normalized spacial score (nSPS) is 20.3. The lowest BCUT2D eigenvalue weighted by atomic mass is 9.95. The zero-order valence-electron chi connectivity index (χ0n) is 9.80. The van der Waals surface area contributed by atoms with Crippen LogP contribution in [0.5, 0.6) is 0 Å². The molecule has 0 aliphatic carbocycles. The van der Waals surface area contributed by atoms with Gasteiger partial charge in [0.2, 0.25) is 0 Å². The second kappa shape index (κ2) is 4.22. The maximum atomic E-state index is 12.6. The fourth-order valence-corrected chi connectivity index (χ4v) is 2.24. The number of hydrogen-bond donors (Lipinski definition) is 1. The Morgan fingerprint density at radius 1 is 1.35 bits per heavy atom. The first-order valence-electron chi connectivity index (χ1n) is 5.53. The molecule has 0 fully saturated rings. The van der Waals surface area contributed by atoms with Crippen molar-refractivity contribution in [3.63, 3.8) is 0 Å². The number of fused-ring (bicyclic) bond motifs is 1. The van der Waals surface area contributed by atoms with Crippen molar-refractivity contribution >= 4 is 5.69 Å². The molecule has 1 N–H and O–H groups in total. The number of benzene rings is 1. The number of nitrogens with zero attached hydrogens (tertiary/aromatic N) is 1. The SMILES string of the molecule is CNC1CCN(C)c2cc(C(F)(F)F)ccc21. The van der Waals surface area contributed by atoms with Crippen molar-refractivity contribution < 1.29 is 13.2 Å².